The summed E-state index contributed by atoms with van der Waals surface area (Å²) in [6.45, 7) is 3.42. The SMILES string of the molecule is COc1nc(N2CC(=O)NC(=O)C2(C)C)ncc1Br. The summed E-state index contributed by atoms with van der Waals surface area (Å²) in [6, 6.07) is 0. The van der Waals surface area contributed by atoms with E-state index in [0.717, 1.165) is 0 Å². The summed E-state index contributed by atoms with van der Waals surface area (Å²) in [7, 11) is 1.48. The quantitative estimate of drug-likeness (QED) is 0.795. The number of halogens is 1. The van der Waals surface area contributed by atoms with E-state index in [1.165, 1.54) is 13.3 Å². The normalized spacial score (nSPS) is 18.2. The van der Waals surface area contributed by atoms with E-state index in [0.29, 0.717) is 10.4 Å². The van der Waals surface area contributed by atoms with Crippen molar-refractivity contribution in [2.45, 2.75) is 19.4 Å². The third-order valence-electron chi connectivity index (χ3n) is 2.92. The third kappa shape index (κ3) is 2.40. The Labute approximate surface area is 118 Å². The summed E-state index contributed by atoms with van der Waals surface area (Å²) in [6.07, 6.45) is 1.52. The Kier molecular flexibility index (Phi) is 3.44. The Morgan fingerprint density at radius 1 is 1.47 bits per heavy atom. The number of nitrogens with zero attached hydrogens (tertiary/aromatic N) is 3. The van der Waals surface area contributed by atoms with Crippen LogP contribution in [0.2, 0.25) is 0 Å². The lowest BCUT2D eigenvalue weighted by Crippen LogP contribution is -2.64. The van der Waals surface area contributed by atoms with Gasteiger partial charge in [-0.2, -0.15) is 4.98 Å². The molecule has 0 aromatic carbocycles. The summed E-state index contributed by atoms with van der Waals surface area (Å²) in [5.74, 6) is -0.142. The standard InChI is InChI=1S/C11H13BrN4O3/c1-11(2)9(18)14-7(17)5-16(11)10-13-4-6(12)8(15-10)19-3/h4H,5H2,1-3H3,(H,14,17,18). The minimum absolute atomic E-state index is 0.0174. The second kappa shape index (κ2) is 4.76. The molecule has 1 aliphatic rings. The van der Waals surface area contributed by atoms with Crippen molar-refractivity contribution >= 4 is 33.7 Å². The maximum atomic E-state index is 11.9. The maximum Gasteiger partial charge on any atom is 0.252 e. The second-order valence-corrected chi connectivity index (χ2v) is 5.40. The van der Waals surface area contributed by atoms with Crippen LogP contribution in [-0.4, -0.2) is 41.0 Å². The molecule has 1 saturated heterocycles. The van der Waals surface area contributed by atoms with Crippen LogP contribution >= 0.6 is 15.9 Å². The molecular formula is C11H13BrN4O3. The first kappa shape index (κ1) is 13.7. The van der Waals surface area contributed by atoms with Gasteiger partial charge < -0.3 is 9.64 Å². The molecule has 0 aliphatic carbocycles. The van der Waals surface area contributed by atoms with Gasteiger partial charge in [-0.15, -0.1) is 0 Å². The van der Waals surface area contributed by atoms with E-state index in [-0.39, 0.29) is 24.3 Å². The molecule has 0 radical (unpaired) electrons. The van der Waals surface area contributed by atoms with Gasteiger partial charge >= 0.3 is 0 Å². The molecule has 1 aliphatic heterocycles. The van der Waals surface area contributed by atoms with E-state index in [1.807, 2.05) is 0 Å². The lowest BCUT2D eigenvalue weighted by Gasteiger charge is -2.40. The minimum atomic E-state index is -0.910. The number of carbonyl (C=O) groups excluding carboxylic acids is 2. The second-order valence-electron chi connectivity index (χ2n) is 4.55. The van der Waals surface area contributed by atoms with Gasteiger partial charge in [-0.25, -0.2) is 4.98 Å². The number of ether oxygens (including phenoxy) is 1. The zero-order chi connectivity index (χ0) is 14.2. The van der Waals surface area contributed by atoms with Gasteiger partial charge in [-0.3, -0.25) is 14.9 Å². The predicted molar refractivity (Wildman–Crippen MR) is 70.9 cm³/mol. The molecule has 102 valence electrons. The van der Waals surface area contributed by atoms with Gasteiger partial charge in [0.2, 0.25) is 17.7 Å². The molecule has 1 fully saturated rings. The molecule has 0 atom stereocenters. The molecule has 1 aromatic rings. The number of rotatable bonds is 2. The summed E-state index contributed by atoms with van der Waals surface area (Å²) >= 11 is 3.25. The van der Waals surface area contributed by atoms with E-state index in [4.69, 9.17) is 4.74 Å². The molecule has 2 rings (SSSR count). The van der Waals surface area contributed by atoms with Crippen molar-refractivity contribution in [1.29, 1.82) is 0 Å². The van der Waals surface area contributed by atoms with Crippen LogP contribution < -0.4 is 15.0 Å². The summed E-state index contributed by atoms with van der Waals surface area (Å²) in [5.41, 5.74) is -0.910. The lowest BCUT2D eigenvalue weighted by molar-refractivity contribution is -0.135. The number of hydrogen-bond donors (Lipinski definition) is 1. The molecule has 0 saturated carbocycles. The van der Waals surface area contributed by atoms with Crippen molar-refractivity contribution in [3.05, 3.63) is 10.7 Å². The molecule has 7 nitrogen and oxygen atoms in total. The average Bonchev–Trinajstić information content (AvgIpc) is 2.35. The highest BCUT2D eigenvalue weighted by molar-refractivity contribution is 9.10. The summed E-state index contributed by atoms with van der Waals surface area (Å²) in [5, 5.41) is 2.29. The molecule has 8 heteroatoms. The van der Waals surface area contributed by atoms with Crippen molar-refractivity contribution in [3.8, 4) is 5.88 Å². The lowest BCUT2D eigenvalue weighted by atomic mass is 9.99. The van der Waals surface area contributed by atoms with E-state index >= 15 is 0 Å². The monoisotopic (exact) mass is 328 g/mol. The van der Waals surface area contributed by atoms with Gasteiger partial charge in [0.05, 0.1) is 17.8 Å². The molecule has 0 unspecified atom stereocenters. The van der Waals surface area contributed by atoms with Crippen LogP contribution in [0, 0.1) is 0 Å². The zero-order valence-electron chi connectivity index (χ0n) is 10.7. The van der Waals surface area contributed by atoms with Gasteiger partial charge in [0, 0.05) is 0 Å². The van der Waals surface area contributed by atoms with Gasteiger partial charge in [0.1, 0.15) is 12.1 Å². The Morgan fingerprint density at radius 2 is 2.16 bits per heavy atom. The number of carbonyl (C=O) groups is 2. The van der Waals surface area contributed by atoms with Gasteiger partial charge in [-0.05, 0) is 29.8 Å². The number of piperazine rings is 1. The number of nitrogens with one attached hydrogen (secondary N) is 1. The molecule has 2 heterocycles. The largest absolute Gasteiger partial charge is 0.480 e. The minimum Gasteiger partial charge on any atom is -0.480 e. The van der Waals surface area contributed by atoms with Crippen LogP contribution in [0.4, 0.5) is 5.95 Å². The number of aromatic nitrogens is 2. The van der Waals surface area contributed by atoms with Crippen molar-refractivity contribution in [3.63, 3.8) is 0 Å². The van der Waals surface area contributed by atoms with Crippen molar-refractivity contribution in [2.24, 2.45) is 0 Å². The Hall–Kier alpha value is -1.70. The molecule has 0 bridgehead atoms. The first-order valence-electron chi connectivity index (χ1n) is 5.54. The highest BCUT2D eigenvalue weighted by Crippen LogP contribution is 2.28. The fourth-order valence-electron chi connectivity index (χ4n) is 1.72. The molecule has 0 spiro atoms. The topological polar surface area (TPSA) is 84.4 Å². The molecule has 2 amide bonds. The zero-order valence-corrected chi connectivity index (χ0v) is 12.3. The van der Waals surface area contributed by atoms with Crippen molar-refractivity contribution in [2.75, 3.05) is 18.6 Å². The van der Waals surface area contributed by atoms with Crippen LogP contribution in [0.15, 0.2) is 10.7 Å². The molecule has 1 N–H and O–H groups in total. The number of hydrogen-bond acceptors (Lipinski definition) is 6. The van der Waals surface area contributed by atoms with Gasteiger partial charge in [0.15, 0.2) is 0 Å². The van der Waals surface area contributed by atoms with Gasteiger partial charge in [-0.1, -0.05) is 0 Å². The Balaban J connectivity index is 2.44. The number of methoxy groups -OCH3 is 1. The third-order valence-corrected chi connectivity index (χ3v) is 3.46. The molecular weight excluding hydrogens is 316 g/mol. The highest BCUT2D eigenvalue weighted by Gasteiger charge is 2.42. The van der Waals surface area contributed by atoms with Crippen LogP contribution in [0.1, 0.15) is 13.8 Å². The van der Waals surface area contributed by atoms with E-state index < -0.39 is 5.54 Å². The molecule has 19 heavy (non-hydrogen) atoms. The summed E-state index contributed by atoms with van der Waals surface area (Å²) < 4.78 is 5.69. The molecule has 1 aromatic heterocycles. The Bertz CT molecular complexity index is 547. The van der Waals surface area contributed by atoms with Crippen molar-refractivity contribution in [1.82, 2.24) is 15.3 Å². The smallest absolute Gasteiger partial charge is 0.252 e. The summed E-state index contributed by atoms with van der Waals surface area (Å²) in [4.78, 5) is 33.2. The van der Waals surface area contributed by atoms with E-state index in [9.17, 15) is 9.59 Å². The van der Waals surface area contributed by atoms with Crippen molar-refractivity contribution < 1.29 is 14.3 Å². The van der Waals surface area contributed by atoms with Crippen LogP contribution in [0.3, 0.4) is 0 Å². The fourth-order valence-corrected chi connectivity index (χ4v) is 2.07. The highest BCUT2D eigenvalue weighted by atomic mass is 79.9. The van der Waals surface area contributed by atoms with E-state index in [2.05, 4.69) is 31.2 Å². The fraction of sp³-hybridized carbons (Fsp3) is 0.455. The predicted octanol–water partition coefficient (Wildman–Crippen LogP) is 0.489. The van der Waals surface area contributed by atoms with E-state index in [1.54, 1.807) is 18.7 Å². The number of imide groups is 1. The van der Waals surface area contributed by atoms with Crippen LogP contribution in [0.25, 0.3) is 0 Å². The first-order valence-corrected chi connectivity index (χ1v) is 6.34. The number of amides is 2. The average molecular weight is 329 g/mol. The Morgan fingerprint density at radius 3 is 2.79 bits per heavy atom. The first-order chi connectivity index (χ1) is 8.86. The van der Waals surface area contributed by atoms with Crippen LogP contribution in [-0.2, 0) is 9.59 Å². The number of anilines is 1. The van der Waals surface area contributed by atoms with Crippen LogP contribution in [0.5, 0.6) is 5.88 Å². The maximum absolute atomic E-state index is 11.9. The van der Waals surface area contributed by atoms with Gasteiger partial charge in [0.25, 0.3) is 5.91 Å².